The van der Waals surface area contributed by atoms with Crippen LogP contribution in [0.1, 0.15) is 35.6 Å². The molecule has 3 atom stereocenters. The lowest BCUT2D eigenvalue weighted by Crippen LogP contribution is -2.55. The van der Waals surface area contributed by atoms with Crippen molar-refractivity contribution in [2.45, 2.75) is 37.5 Å². The monoisotopic (exact) mass is 356 g/mol. The zero-order valence-corrected chi connectivity index (χ0v) is 14.7. The number of nitrogens with one attached hydrogen (secondary N) is 1. The molecule has 0 radical (unpaired) electrons. The average Bonchev–Trinajstić information content (AvgIpc) is 2.96. The quantitative estimate of drug-likeness (QED) is 0.911. The van der Waals surface area contributed by atoms with Crippen molar-refractivity contribution < 1.29 is 13.6 Å². The molecular weight excluding hydrogens is 334 g/mol. The molecule has 1 fully saturated rings. The van der Waals surface area contributed by atoms with Crippen LogP contribution in [0.25, 0.3) is 0 Å². The van der Waals surface area contributed by atoms with Gasteiger partial charge in [-0.2, -0.15) is 0 Å². The van der Waals surface area contributed by atoms with E-state index >= 15 is 0 Å². The van der Waals surface area contributed by atoms with Gasteiger partial charge in [0.2, 0.25) is 5.91 Å². The van der Waals surface area contributed by atoms with Gasteiger partial charge >= 0.3 is 0 Å². The lowest BCUT2D eigenvalue weighted by Gasteiger charge is -2.42. The number of fused-ring (bicyclic) bond motifs is 1. The smallest absolute Gasteiger partial charge is 0.227 e. The molecule has 1 amide bonds. The van der Waals surface area contributed by atoms with Gasteiger partial charge in [-0.05, 0) is 42.2 Å². The van der Waals surface area contributed by atoms with Gasteiger partial charge in [-0.25, -0.2) is 8.78 Å². The maximum atomic E-state index is 13.4. The Morgan fingerprint density at radius 3 is 2.54 bits per heavy atom. The molecule has 0 aromatic heterocycles. The molecule has 0 spiro atoms. The van der Waals surface area contributed by atoms with Crippen molar-refractivity contribution in [3.63, 3.8) is 0 Å². The third-order valence-electron chi connectivity index (χ3n) is 5.54. The van der Waals surface area contributed by atoms with Gasteiger partial charge in [-0.15, -0.1) is 0 Å². The molecular formula is C21H22F2N2O. The number of carbonyl (C=O) groups excluding carboxylic acids is 1. The van der Waals surface area contributed by atoms with E-state index in [2.05, 4.69) is 22.3 Å². The molecule has 0 bridgehead atoms. The standard InChI is InChI=1S/C21H22F2N2O/c1-13(14-6-8-16(22)9-7-14)21(26)24-19-10-15-4-2-3-5-18(15)20(19)25-11-17(23)12-25/h2-9,13,17,19-20H,10-12H2,1H3,(H,24,26)/t13-,19+,20+/m0/s1. The van der Waals surface area contributed by atoms with Crippen LogP contribution in [0.2, 0.25) is 0 Å². The van der Waals surface area contributed by atoms with E-state index in [0.29, 0.717) is 13.1 Å². The Morgan fingerprint density at radius 1 is 1.15 bits per heavy atom. The van der Waals surface area contributed by atoms with Gasteiger partial charge in [0.1, 0.15) is 12.0 Å². The van der Waals surface area contributed by atoms with Gasteiger partial charge in [0.05, 0.1) is 18.0 Å². The summed E-state index contributed by atoms with van der Waals surface area (Å²) in [7, 11) is 0. The van der Waals surface area contributed by atoms with Gasteiger partial charge in [0.25, 0.3) is 0 Å². The highest BCUT2D eigenvalue weighted by molar-refractivity contribution is 5.83. The van der Waals surface area contributed by atoms with Crippen LogP contribution in [0, 0.1) is 5.82 Å². The molecule has 1 heterocycles. The third-order valence-corrected chi connectivity index (χ3v) is 5.54. The van der Waals surface area contributed by atoms with Crippen LogP contribution < -0.4 is 5.32 Å². The van der Waals surface area contributed by atoms with E-state index in [-0.39, 0.29) is 29.7 Å². The normalized spacial score (nSPS) is 24.0. The summed E-state index contributed by atoms with van der Waals surface area (Å²) in [6.45, 7) is 2.65. The number of hydrogen-bond donors (Lipinski definition) is 1. The van der Waals surface area contributed by atoms with Crippen molar-refractivity contribution in [3.05, 3.63) is 71.0 Å². The molecule has 2 aromatic rings. The minimum absolute atomic E-state index is 0.0163. The fourth-order valence-corrected chi connectivity index (χ4v) is 4.05. The summed E-state index contributed by atoms with van der Waals surface area (Å²) in [5.74, 6) is -0.770. The van der Waals surface area contributed by atoms with Gasteiger partial charge in [0, 0.05) is 13.1 Å². The first-order valence-electron chi connectivity index (χ1n) is 9.04. The summed E-state index contributed by atoms with van der Waals surface area (Å²) < 4.78 is 26.5. The molecule has 1 N–H and O–H groups in total. The average molecular weight is 356 g/mol. The van der Waals surface area contributed by atoms with Gasteiger partial charge < -0.3 is 5.32 Å². The number of benzene rings is 2. The maximum absolute atomic E-state index is 13.4. The molecule has 1 saturated heterocycles. The molecule has 0 saturated carbocycles. The first kappa shape index (κ1) is 17.2. The van der Waals surface area contributed by atoms with Crippen LogP contribution in [0.5, 0.6) is 0 Å². The van der Waals surface area contributed by atoms with Crippen LogP contribution in [0.15, 0.2) is 48.5 Å². The summed E-state index contributed by atoms with van der Waals surface area (Å²) in [6, 6.07) is 14.1. The predicted molar refractivity (Wildman–Crippen MR) is 96.1 cm³/mol. The van der Waals surface area contributed by atoms with Gasteiger partial charge in [0.15, 0.2) is 0 Å². The third kappa shape index (κ3) is 3.12. The number of halogens is 2. The van der Waals surface area contributed by atoms with E-state index in [0.717, 1.165) is 12.0 Å². The maximum Gasteiger partial charge on any atom is 0.227 e. The first-order chi connectivity index (χ1) is 12.5. The van der Waals surface area contributed by atoms with Crippen molar-refractivity contribution in [3.8, 4) is 0 Å². The zero-order chi connectivity index (χ0) is 18.3. The lowest BCUT2D eigenvalue weighted by molar-refractivity contribution is -0.123. The van der Waals surface area contributed by atoms with Gasteiger partial charge in [-0.3, -0.25) is 9.69 Å². The van der Waals surface area contributed by atoms with E-state index in [4.69, 9.17) is 0 Å². The summed E-state index contributed by atoms with van der Waals surface area (Å²) in [4.78, 5) is 14.9. The molecule has 136 valence electrons. The molecule has 1 aliphatic heterocycles. The summed E-state index contributed by atoms with van der Waals surface area (Å²) in [5, 5.41) is 3.16. The van der Waals surface area contributed by atoms with Crippen molar-refractivity contribution >= 4 is 5.91 Å². The van der Waals surface area contributed by atoms with Crippen LogP contribution in [0.4, 0.5) is 8.78 Å². The number of alkyl halides is 1. The molecule has 5 heteroatoms. The van der Waals surface area contributed by atoms with Crippen LogP contribution in [0.3, 0.4) is 0 Å². The minimum Gasteiger partial charge on any atom is -0.351 e. The molecule has 4 rings (SSSR count). The Hall–Kier alpha value is -2.27. The predicted octanol–water partition coefficient (Wildman–Crippen LogP) is 3.37. The largest absolute Gasteiger partial charge is 0.351 e. The highest BCUT2D eigenvalue weighted by atomic mass is 19.1. The summed E-state index contributed by atoms with van der Waals surface area (Å²) in [6.07, 6.45) is -0.0341. The number of nitrogens with zero attached hydrogens (tertiary/aromatic N) is 1. The molecule has 3 nitrogen and oxygen atoms in total. The number of amides is 1. The summed E-state index contributed by atoms with van der Waals surface area (Å²) >= 11 is 0. The van der Waals surface area contributed by atoms with E-state index in [9.17, 15) is 13.6 Å². The zero-order valence-electron chi connectivity index (χ0n) is 14.7. The van der Waals surface area contributed by atoms with Crippen molar-refractivity contribution in [1.82, 2.24) is 10.2 Å². The van der Waals surface area contributed by atoms with E-state index in [1.165, 1.54) is 23.3 Å². The fourth-order valence-electron chi connectivity index (χ4n) is 4.05. The summed E-state index contributed by atoms with van der Waals surface area (Å²) in [5.41, 5.74) is 3.17. The number of hydrogen-bond acceptors (Lipinski definition) is 2. The second-order valence-corrected chi connectivity index (χ2v) is 7.29. The van der Waals surface area contributed by atoms with Crippen LogP contribution >= 0.6 is 0 Å². The Bertz CT molecular complexity index is 802. The topological polar surface area (TPSA) is 32.3 Å². The van der Waals surface area contributed by atoms with Gasteiger partial charge in [-0.1, -0.05) is 36.4 Å². The Balaban J connectivity index is 1.51. The lowest BCUT2D eigenvalue weighted by atomic mass is 9.97. The van der Waals surface area contributed by atoms with E-state index in [1.54, 1.807) is 12.1 Å². The SMILES string of the molecule is C[C@H](C(=O)N[C@@H]1Cc2ccccc2[C@H]1N1CC(F)C1)c1ccc(F)cc1. The van der Waals surface area contributed by atoms with E-state index in [1.807, 2.05) is 19.1 Å². The molecule has 26 heavy (non-hydrogen) atoms. The number of likely N-dealkylation sites (tertiary alicyclic amines) is 1. The Morgan fingerprint density at radius 2 is 1.85 bits per heavy atom. The number of carbonyl (C=O) groups is 1. The highest BCUT2D eigenvalue weighted by Crippen LogP contribution is 2.39. The fraction of sp³-hybridized carbons (Fsp3) is 0.381. The van der Waals surface area contributed by atoms with Crippen molar-refractivity contribution in [1.29, 1.82) is 0 Å². The van der Waals surface area contributed by atoms with E-state index < -0.39 is 6.17 Å². The molecule has 0 unspecified atom stereocenters. The molecule has 2 aliphatic rings. The second-order valence-electron chi connectivity index (χ2n) is 7.29. The van der Waals surface area contributed by atoms with Crippen LogP contribution in [-0.2, 0) is 11.2 Å². The minimum atomic E-state index is -0.780. The van der Waals surface area contributed by atoms with Crippen molar-refractivity contribution in [2.24, 2.45) is 0 Å². The second kappa shape index (κ2) is 6.80. The molecule has 2 aromatic carbocycles. The molecule has 1 aliphatic carbocycles. The van der Waals surface area contributed by atoms with Crippen LogP contribution in [-0.4, -0.2) is 36.1 Å². The number of rotatable bonds is 4. The Kier molecular flexibility index (Phi) is 4.49. The Labute approximate surface area is 152 Å². The highest BCUT2D eigenvalue weighted by Gasteiger charge is 2.42. The first-order valence-corrected chi connectivity index (χ1v) is 9.04. The van der Waals surface area contributed by atoms with Crippen molar-refractivity contribution in [2.75, 3.05) is 13.1 Å².